The number of imidazole rings is 1. The van der Waals surface area contributed by atoms with Gasteiger partial charge in [-0.2, -0.15) is 0 Å². The van der Waals surface area contributed by atoms with Crippen LogP contribution in [0.5, 0.6) is 0 Å². The highest BCUT2D eigenvalue weighted by Gasteiger charge is 2.19. The summed E-state index contributed by atoms with van der Waals surface area (Å²) in [6, 6.07) is 15.3. The van der Waals surface area contributed by atoms with Gasteiger partial charge in [0.1, 0.15) is 11.3 Å². The minimum absolute atomic E-state index is 0.0270. The third-order valence-corrected chi connectivity index (χ3v) is 3.49. The molecule has 0 bridgehead atoms. The highest BCUT2D eigenvalue weighted by molar-refractivity contribution is 6.12. The molecule has 0 aliphatic heterocycles. The number of hydrogen-bond acceptors (Lipinski definition) is 2. The zero-order valence-electron chi connectivity index (χ0n) is 12.1. The summed E-state index contributed by atoms with van der Waals surface area (Å²) in [5, 5.41) is 0. The first-order valence-corrected chi connectivity index (χ1v) is 7.03. The molecular weight excluding hydrogens is 262 g/mol. The molecule has 1 amide bonds. The number of anilines is 1. The summed E-state index contributed by atoms with van der Waals surface area (Å²) in [6.07, 6.45) is 0. The van der Waals surface area contributed by atoms with Crippen molar-refractivity contribution in [3.05, 3.63) is 59.9 Å². The minimum atomic E-state index is -0.0270. The molecule has 0 spiro atoms. The van der Waals surface area contributed by atoms with Gasteiger partial charge in [-0.25, -0.2) is 4.98 Å². The Kier molecular flexibility index (Phi) is 3.44. The fourth-order valence-corrected chi connectivity index (χ4v) is 2.52. The van der Waals surface area contributed by atoms with Gasteiger partial charge in [-0.1, -0.05) is 24.3 Å². The van der Waals surface area contributed by atoms with Crippen molar-refractivity contribution in [3.63, 3.8) is 0 Å². The lowest BCUT2D eigenvalue weighted by Gasteiger charge is -2.21. The number of nitrogens with one attached hydrogen (secondary N) is 1. The average molecular weight is 279 g/mol. The molecule has 0 radical (unpaired) electrons. The normalized spacial score (nSPS) is 10.8. The summed E-state index contributed by atoms with van der Waals surface area (Å²) in [6.45, 7) is 4.48. The first-order chi connectivity index (χ1) is 10.2. The van der Waals surface area contributed by atoms with Gasteiger partial charge >= 0.3 is 0 Å². The van der Waals surface area contributed by atoms with Crippen LogP contribution >= 0.6 is 0 Å². The number of rotatable bonds is 3. The van der Waals surface area contributed by atoms with Gasteiger partial charge in [0.25, 0.3) is 5.91 Å². The van der Waals surface area contributed by atoms with Crippen LogP contribution in [0.2, 0.25) is 0 Å². The Hall–Kier alpha value is -2.62. The largest absolute Gasteiger partial charge is 0.342 e. The van der Waals surface area contributed by atoms with E-state index in [4.69, 9.17) is 0 Å². The van der Waals surface area contributed by atoms with E-state index in [0.29, 0.717) is 12.1 Å². The highest BCUT2D eigenvalue weighted by atomic mass is 16.2. The van der Waals surface area contributed by atoms with Crippen molar-refractivity contribution < 1.29 is 4.79 Å². The topological polar surface area (TPSA) is 49.0 Å². The highest BCUT2D eigenvalue weighted by Crippen LogP contribution is 2.21. The Morgan fingerprint density at radius 1 is 1.14 bits per heavy atom. The number of carbonyl (C=O) groups is 1. The number of aromatic amines is 1. The molecule has 4 heteroatoms. The number of nitrogens with zero attached hydrogens (tertiary/aromatic N) is 2. The van der Waals surface area contributed by atoms with Crippen molar-refractivity contribution in [2.24, 2.45) is 0 Å². The maximum absolute atomic E-state index is 12.9. The van der Waals surface area contributed by atoms with Crippen molar-refractivity contribution in [1.82, 2.24) is 9.97 Å². The summed E-state index contributed by atoms with van der Waals surface area (Å²) < 4.78 is 0. The van der Waals surface area contributed by atoms with Crippen LogP contribution in [0, 0.1) is 6.92 Å². The van der Waals surface area contributed by atoms with E-state index in [-0.39, 0.29) is 5.91 Å². The molecule has 1 aromatic heterocycles. The average Bonchev–Trinajstić information content (AvgIpc) is 2.89. The maximum atomic E-state index is 12.9. The first-order valence-electron chi connectivity index (χ1n) is 7.03. The number of amides is 1. The number of benzene rings is 2. The van der Waals surface area contributed by atoms with Crippen molar-refractivity contribution in [3.8, 4) is 0 Å². The second-order valence-electron chi connectivity index (χ2n) is 4.91. The molecule has 3 aromatic rings. The van der Waals surface area contributed by atoms with Gasteiger partial charge < -0.3 is 9.88 Å². The van der Waals surface area contributed by atoms with E-state index in [0.717, 1.165) is 22.5 Å². The van der Waals surface area contributed by atoms with Crippen LogP contribution in [0.15, 0.2) is 48.5 Å². The van der Waals surface area contributed by atoms with Crippen LogP contribution in [0.3, 0.4) is 0 Å². The number of fused-ring (bicyclic) bond motifs is 1. The quantitative estimate of drug-likeness (QED) is 0.797. The van der Waals surface area contributed by atoms with E-state index in [1.807, 2.05) is 62.4 Å². The van der Waals surface area contributed by atoms with Gasteiger partial charge in [0.15, 0.2) is 0 Å². The Morgan fingerprint density at radius 2 is 1.90 bits per heavy atom. The van der Waals surface area contributed by atoms with Crippen LogP contribution < -0.4 is 4.90 Å². The molecule has 0 atom stereocenters. The van der Waals surface area contributed by atoms with Crippen molar-refractivity contribution in [2.45, 2.75) is 13.8 Å². The summed E-state index contributed by atoms with van der Waals surface area (Å²) >= 11 is 0. The monoisotopic (exact) mass is 279 g/mol. The number of aromatic nitrogens is 2. The lowest BCUT2D eigenvalue weighted by molar-refractivity contribution is 0.0990. The van der Waals surface area contributed by atoms with E-state index in [1.165, 1.54) is 0 Å². The van der Waals surface area contributed by atoms with Gasteiger partial charge in [0.2, 0.25) is 0 Å². The van der Waals surface area contributed by atoms with Crippen LogP contribution in [-0.4, -0.2) is 22.4 Å². The van der Waals surface area contributed by atoms with E-state index in [1.54, 1.807) is 4.90 Å². The predicted molar refractivity (Wildman–Crippen MR) is 84.6 cm³/mol. The molecule has 0 saturated carbocycles. The molecule has 0 aliphatic carbocycles. The molecule has 2 aromatic carbocycles. The minimum Gasteiger partial charge on any atom is -0.342 e. The van der Waals surface area contributed by atoms with Gasteiger partial charge in [0, 0.05) is 12.2 Å². The lowest BCUT2D eigenvalue weighted by Crippen LogP contribution is -2.30. The lowest BCUT2D eigenvalue weighted by atomic mass is 10.1. The summed E-state index contributed by atoms with van der Waals surface area (Å²) in [5.41, 5.74) is 3.15. The van der Waals surface area contributed by atoms with Crippen LogP contribution in [0.1, 0.15) is 23.1 Å². The van der Waals surface area contributed by atoms with Gasteiger partial charge in [-0.15, -0.1) is 0 Å². The summed E-state index contributed by atoms with van der Waals surface area (Å²) in [4.78, 5) is 22.2. The molecule has 0 aliphatic rings. The molecule has 21 heavy (non-hydrogen) atoms. The number of hydrogen-bond donors (Lipinski definition) is 1. The number of para-hydroxylation sites is 2. The molecule has 1 N–H and O–H groups in total. The Bertz CT molecular complexity index is 777. The van der Waals surface area contributed by atoms with Crippen LogP contribution in [0.25, 0.3) is 11.0 Å². The fraction of sp³-hybridized carbons (Fsp3) is 0.176. The smallest absolute Gasteiger partial charge is 0.260 e. The molecule has 1 heterocycles. The van der Waals surface area contributed by atoms with E-state index >= 15 is 0 Å². The third kappa shape index (κ3) is 2.40. The Labute approximate surface area is 123 Å². The molecule has 106 valence electrons. The van der Waals surface area contributed by atoms with Crippen LogP contribution in [0.4, 0.5) is 5.69 Å². The Morgan fingerprint density at radius 3 is 2.62 bits per heavy atom. The third-order valence-electron chi connectivity index (χ3n) is 3.49. The maximum Gasteiger partial charge on any atom is 0.260 e. The van der Waals surface area contributed by atoms with E-state index < -0.39 is 0 Å². The van der Waals surface area contributed by atoms with E-state index in [2.05, 4.69) is 9.97 Å². The predicted octanol–water partition coefficient (Wildman–Crippen LogP) is 3.54. The van der Waals surface area contributed by atoms with Gasteiger partial charge in [0.05, 0.1) is 11.1 Å². The number of aryl methyl sites for hydroxylation is 1. The molecule has 0 fully saturated rings. The fourth-order valence-electron chi connectivity index (χ4n) is 2.52. The molecule has 3 rings (SSSR count). The zero-order chi connectivity index (χ0) is 14.8. The second kappa shape index (κ2) is 5.40. The van der Waals surface area contributed by atoms with Crippen LogP contribution in [-0.2, 0) is 0 Å². The second-order valence-corrected chi connectivity index (χ2v) is 4.91. The van der Waals surface area contributed by atoms with Gasteiger partial charge in [-0.05, 0) is 38.1 Å². The zero-order valence-corrected chi connectivity index (χ0v) is 12.1. The molecule has 4 nitrogen and oxygen atoms in total. The first kappa shape index (κ1) is 13.4. The van der Waals surface area contributed by atoms with Crippen molar-refractivity contribution in [1.29, 1.82) is 0 Å². The Balaban J connectivity index is 2.07. The summed E-state index contributed by atoms with van der Waals surface area (Å²) in [5.74, 6) is 0.786. The molecular formula is C17H17N3O. The van der Waals surface area contributed by atoms with E-state index in [9.17, 15) is 4.79 Å². The standard InChI is InChI=1S/C17H17N3O/c1-3-20(13-8-5-4-6-9-13)17(21)14-10-7-11-15-16(14)19-12(2)18-15/h4-11H,3H2,1-2H3,(H,18,19). The van der Waals surface area contributed by atoms with Gasteiger partial charge in [-0.3, -0.25) is 4.79 Å². The van der Waals surface area contributed by atoms with Crippen molar-refractivity contribution >= 4 is 22.6 Å². The SMILES string of the molecule is CCN(C(=O)c1cccc2[nH]c(C)nc12)c1ccccc1. The molecule has 0 unspecified atom stereocenters. The summed E-state index contributed by atoms with van der Waals surface area (Å²) in [7, 11) is 0. The number of H-pyrrole nitrogens is 1. The molecule has 0 saturated heterocycles. The van der Waals surface area contributed by atoms with Crippen molar-refractivity contribution in [2.75, 3.05) is 11.4 Å². The number of carbonyl (C=O) groups excluding carboxylic acids is 1.